The molecular weight excluding hydrogens is 547 g/mol. The number of carbonyl (C=O) groups is 1. The maximum absolute atomic E-state index is 12.4. The molecule has 11 heteroatoms. The van der Waals surface area contributed by atoms with Gasteiger partial charge in [0.15, 0.2) is 0 Å². The van der Waals surface area contributed by atoms with E-state index in [-0.39, 0.29) is 17.0 Å². The van der Waals surface area contributed by atoms with Crippen LogP contribution in [0.15, 0.2) is 41.3 Å². The van der Waals surface area contributed by atoms with Crippen molar-refractivity contribution in [2.24, 2.45) is 0 Å². The van der Waals surface area contributed by atoms with Crippen LogP contribution in [0, 0.1) is 0 Å². The van der Waals surface area contributed by atoms with E-state index >= 15 is 0 Å². The van der Waals surface area contributed by atoms with Gasteiger partial charge < -0.3 is 14.8 Å². The van der Waals surface area contributed by atoms with E-state index in [1.165, 1.54) is 12.1 Å². The number of likely N-dealkylation sites (tertiary alicyclic amines) is 1. The fourth-order valence-corrected chi connectivity index (χ4v) is 6.16. The number of piperidine rings is 1. The molecule has 1 heterocycles. The summed E-state index contributed by atoms with van der Waals surface area (Å²) >= 11 is 12.9. The first-order chi connectivity index (χ1) is 16.8. The van der Waals surface area contributed by atoms with Gasteiger partial charge in [0.25, 0.3) is 9.05 Å². The summed E-state index contributed by atoms with van der Waals surface area (Å²) in [5.74, 6) is 0.499. The molecule has 1 aliphatic carbocycles. The molecule has 0 saturated carbocycles. The van der Waals surface area contributed by atoms with Gasteiger partial charge in [0.2, 0.25) is 0 Å². The lowest BCUT2D eigenvalue weighted by molar-refractivity contribution is 0.0362. The van der Waals surface area contributed by atoms with Crippen LogP contribution in [-0.4, -0.2) is 50.2 Å². The molecule has 2 aliphatic rings. The van der Waals surface area contributed by atoms with Gasteiger partial charge in [-0.3, -0.25) is 4.90 Å². The van der Waals surface area contributed by atoms with Crippen molar-refractivity contribution in [1.82, 2.24) is 10.2 Å². The van der Waals surface area contributed by atoms with Crippen molar-refractivity contribution in [3.05, 3.63) is 57.6 Å². The number of carbonyl (C=O) groups excluding carboxylic acids is 1. The van der Waals surface area contributed by atoms with E-state index < -0.39 is 26.8 Å². The first-order valence-electron chi connectivity index (χ1n) is 11.7. The lowest BCUT2D eigenvalue weighted by Crippen LogP contribution is -2.53. The fourth-order valence-electron chi connectivity index (χ4n) is 4.81. The van der Waals surface area contributed by atoms with Gasteiger partial charge in [-0.25, -0.2) is 13.2 Å². The molecule has 1 aliphatic heterocycles. The summed E-state index contributed by atoms with van der Waals surface area (Å²) in [6, 6.07) is 9.46. The van der Waals surface area contributed by atoms with Crippen LogP contribution in [-0.2, 0) is 20.2 Å². The third-order valence-electron chi connectivity index (χ3n) is 6.28. The monoisotopic (exact) mass is 574 g/mol. The Kier molecular flexibility index (Phi) is 8.03. The summed E-state index contributed by atoms with van der Waals surface area (Å²) in [6.07, 6.45) is 1.58. The molecule has 3 atom stereocenters. The van der Waals surface area contributed by atoms with Crippen molar-refractivity contribution in [2.75, 3.05) is 13.1 Å². The molecule has 4 rings (SSSR count). The SMILES string of the molecule is CC(C)(C)OC(=O)N[C@@H]1CCCN([C@H]2Cc3c(Cl)cc(Cl)cc3[C@@H]2Oc2ccc(S(=O)(=O)Cl)cc2)C1. The number of alkyl carbamates (subject to hydrolysis) is 1. The van der Waals surface area contributed by atoms with Crippen molar-refractivity contribution in [1.29, 1.82) is 0 Å². The molecule has 0 unspecified atom stereocenters. The summed E-state index contributed by atoms with van der Waals surface area (Å²) in [5.41, 5.74) is 1.30. The highest BCUT2D eigenvalue weighted by molar-refractivity contribution is 8.13. The molecule has 7 nitrogen and oxygen atoms in total. The minimum absolute atomic E-state index is 0.00179. The molecule has 36 heavy (non-hydrogen) atoms. The predicted molar refractivity (Wildman–Crippen MR) is 141 cm³/mol. The normalized spacial score (nSPS) is 22.7. The van der Waals surface area contributed by atoms with Crippen LogP contribution in [0.5, 0.6) is 5.75 Å². The van der Waals surface area contributed by atoms with E-state index in [0.717, 1.165) is 30.5 Å². The number of hydrogen-bond donors (Lipinski definition) is 1. The van der Waals surface area contributed by atoms with E-state index in [9.17, 15) is 13.2 Å². The minimum Gasteiger partial charge on any atom is -0.484 e. The second kappa shape index (κ2) is 10.6. The molecule has 1 N–H and O–H groups in total. The summed E-state index contributed by atoms with van der Waals surface area (Å²) in [7, 11) is 1.62. The van der Waals surface area contributed by atoms with Crippen molar-refractivity contribution in [3.63, 3.8) is 0 Å². The maximum Gasteiger partial charge on any atom is 0.407 e. The zero-order valence-electron chi connectivity index (χ0n) is 20.3. The van der Waals surface area contributed by atoms with Gasteiger partial charge in [0.1, 0.15) is 17.5 Å². The van der Waals surface area contributed by atoms with Gasteiger partial charge >= 0.3 is 6.09 Å². The van der Waals surface area contributed by atoms with Crippen molar-refractivity contribution < 1.29 is 22.7 Å². The highest BCUT2D eigenvalue weighted by Gasteiger charge is 2.41. The molecule has 1 fully saturated rings. The largest absolute Gasteiger partial charge is 0.484 e. The van der Waals surface area contributed by atoms with E-state index in [1.54, 1.807) is 18.2 Å². The van der Waals surface area contributed by atoms with Crippen LogP contribution < -0.4 is 10.1 Å². The Morgan fingerprint density at radius 2 is 1.83 bits per heavy atom. The number of amides is 1. The third-order valence-corrected chi connectivity index (χ3v) is 8.20. The first kappa shape index (κ1) is 27.3. The summed E-state index contributed by atoms with van der Waals surface area (Å²) in [6.45, 7) is 6.97. The van der Waals surface area contributed by atoms with E-state index in [1.807, 2.05) is 26.8 Å². The Hall–Kier alpha value is -1.71. The maximum atomic E-state index is 12.4. The second-order valence-electron chi connectivity index (χ2n) is 10.2. The molecule has 0 radical (unpaired) electrons. The molecule has 196 valence electrons. The topological polar surface area (TPSA) is 84.9 Å². The Morgan fingerprint density at radius 1 is 1.14 bits per heavy atom. The Labute approximate surface area is 226 Å². The number of fused-ring (bicyclic) bond motifs is 1. The molecule has 1 amide bonds. The zero-order valence-corrected chi connectivity index (χ0v) is 23.3. The lowest BCUT2D eigenvalue weighted by atomic mass is 10.0. The standard InChI is InChI=1S/C25H29Cl3N2O5S/c1-25(2,3)35-24(31)29-16-5-4-10-30(14-16)22-13-19-20(11-15(26)12-21(19)27)23(22)34-17-6-8-18(9-7-17)36(28,32)33/h6-9,11-12,16,22-23H,4-5,10,13-14H2,1-3H3,(H,29,31)/t16-,22+,23+/m1/s1. The molecule has 0 bridgehead atoms. The van der Waals surface area contributed by atoms with Gasteiger partial charge in [0, 0.05) is 38.9 Å². The third kappa shape index (κ3) is 6.58. The minimum atomic E-state index is -3.83. The van der Waals surface area contributed by atoms with Crippen LogP contribution in [0.2, 0.25) is 10.0 Å². The Morgan fingerprint density at radius 3 is 2.47 bits per heavy atom. The zero-order chi connectivity index (χ0) is 26.3. The van der Waals surface area contributed by atoms with Gasteiger partial charge in [-0.1, -0.05) is 23.2 Å². The van der Waals surface area contributed by atoms with Gasteiger partial charge in [-0.15, -0.1) is 0 Å². The van der Waals surface area contributed by atoms with Crippen LogP contribution in [0.1, 0.15) is 50.8 Å². The quantitative estimate of drug-likeness (QED) is 0.443. The molecule has 1 saturated heterocycles. The molecule has 0 spiro atoms. The molecule has 2 aromatic carbocycles. The van der Waals surface area contributed by atoms with Gasteiger partial charge in [-0.05, 0) is 88.5 Å². The fraction of sp³-hybridized carbons (Fsp3) is 0.480. The number of halogens is 3. The van der Waals surface area contributed by atoms with Crippen LogP contribution in [0.25, 0.3) is 0 Å². The molecule has 0 aromatic heterocycles. The van der Waals surface area contributed by atoms with E-state index in [2.05, 4.69) is 10.2 Å². The highest BCUT2D eigenvalue weighted by Crippen LogP contribution is 2.43. The lowest BCUT2D eigenvalue weighted by Gasteiger charge is -2.39. The van der Waals surface area contributed by atoms with Crippen molar-refractivity contribution in [2.45, 2.75) is 68.7 Å². The highest BCUT2D eigenvalue weighted by atomic mass is 35.7. The van der Waals surface area contributed by atoms with Crippen molar-refractivity contribution in [3.8, 4) is 5.75 Å². The number of ether oxygens (including phenoxy) is 2. The number of nitrogens with zero attached hydrogens (tertiary/aromatic N) is 1. The Bertz CT molecular complexity index is 1230. The molecule has 2 aromatic rings. The first-order valence-corrected chi connectivity index (χ1v) is 14.8. The number of rotatable bonds is 5. The predicted octanol–water partition coefficient (Wildman–Crippen LogP) is 5.95. The second-order valence-corrected chi connectivity index (χ2v) is 13.6. The van der Waals surface area contributed by atoms with Crippen LogP contribution in [0.3, 0.4) is 0 Å². The van der Waals surface area contributed by atoms with E-state index in [4.69, 9.17) is 43.4 Å². The van der Waals surface area contributed by atoms with Crippen LogP contribution >= 0.6 is 33.9 Å². The van der Waals surface area contributed by atoms with E-state index in [0.29, 0.717) is 28.8 Å². The van der Waals surface area contributed by atoms with Gasteiger partial charge in [-0.2, -0.15) is 0 Å². The smallest absolute Gasteiger partial charge is 0.407 e. The van der Waals surface area contributed by atoms with Crippen molar-refractivity contribution >= 4 is 49.0 Å². The summed E-state index contributed by atoms with van der Waals surface area (Å²) in [5, 5.41) is 4.09. The number of hydrogen-bond acceptors (Lipinski definition) is 6. The number of benzene rings is 2. The number of nitrogens with one attached hydrogen (secondary N) is 1. The summed E-state index contributed by atoms with van der Waals surface area (Å²) < 4.78 is 35.1. The average Bonchev–Trinajstić information content (AvgIpc) is 3.11. The van der Waals surface area contributed by atoms with Gasteiger partial charge in [0.05, 0.1) is 10.9 Å². The summed E-state index contributed by atoms with van der Waals surface area (Å²) in [4.78, 5) is 14.7. The van der Waals surface area contributed by atoms with Crippen LogP contribution in [0.4, 0.5) is 4.79 Å². The Balaban J connectivity index is 1.57. The molecular formula is C25H29Cl3N2O5S. The average molecular weight is 576 g/mol.